The zero-order chi connectivity index (χ0) is 24.5. The van der Waals surface area contributed by atoms with Gasteiger partial charge in [-0.05, 0) is 48.5 Å². The third kappa shape index (κ3) is 5.32. The number of alkyl halides is 9. The minimum Gasteiger partial charge on any atom is -0.393 e. The first-order chi connectivity index (χ1) is 14.6. The molecule has 0 fully saturated rings. The zero-order valence-electron chi connectivity index (χ0n) is 15.4. The number of carbonyl (C=O) groups excluding carboxylic acids is 1. The number of amides is 1. The van der Waals surface area contributed by atoms with Crippen molar-refractivity contribution < 1.29 is 44.3 Å². The van der Waals surface area contributed by atoms with Crippen molar-refractivity contribution in [3.8, 4) is 6.07 Å². The minimum atomic E-state index is -5.30. The number of halogens is 9. The Balaban J connectivity index is 2.67. The number of rotatable bonds is 3. The predicted octanol–water partition coefficient (Wildman–Crippen LogP) is 5.69. The molecule has 32 heavy (non-hydrogen) atoms. The van der Waals surface area contributed by atoms with Crippen molar-refractivity contribution in [3.63, 3.8) is 0 Å². The molecule has 0 aliphatic rings. The second-order valence-electron chi connectivity index (χ2n) is 6.13. The number of benzene rings is 2. The average molecular weight is 467 g/mol. The molecule has 2 aromatic carbocycles. The fourth-order valence-corrected chi connectivity index (χ4v) is 2.46. The van der Waals surface area contributed by atoms with Crippen LogP contribution >= 0.6 is 0 Å². The van der Waals surface area contributed by atoms with Crippen molar-refractivity contribution in [1.29, 1.82) is 5.26 Å². The second-order valence-corrected chi connectivity index (χ2v) is 6.13. The average Bonchev–Trinajstić information content (AvgIpc) is 2.67. The first kappa shape index (κ1) is 24.6. The lowest BCUT2D eigenvalue weighted by molar-refractivity contribution is -0.138. The van der Waals surface area contributed by atoms with E-state index in [-0.39, 0.29) is 0 Å². The molecule has 0 heterocycles. The normalized spacial score (nSPS) is 13.2. The van der Waals surface area contributed by atoms with Crippen LogP contribution in [0.2, 0.25) is 0 Å². The summed E-state index contributed by atoms with van der Waals surface area (Å²) in [6.45, 7) is 0. The van der Waals surface area contributed by atoms with Crippen molar-refractivity contribution in [1.82, 2.24) is 0 Å². The van der Waals surface area contributed by atoms with Crippen molar-refractivity contribution in [2.45, 2.75) is 18.5 Å². The third-order valence-corrected chi connectivity index (χ3v) is 4.01. The summed E-state index contributed by atoms with van der Waals surface area (Å²) in [5.41, 5.74) is -2.05. The molecule has 0 unspecified atom stereocenters. The molecule has 0 spiro atoms. The van der Waals surface area contributed by atoms with Crippen LogP contribution in [-0.4, -0.2) is 12.1 Å². The summed E-state index contributed by atoms with van der Waals surface area (Å²) in [5.74, 6) is -1.71. The van der Waals surface area contributed by atoms with E-state index in [1.165, 1.54) is 0 Å². The molecule has 4 nitrogen and oxygen atoms in total. The van der Waals surface area contributed by atoms with E-state index >= 15 is 0 Å². The van der Waals surface area contributed by atoms with Crippen LogP contribution in [0.15, 0.2) is 59.8 Å². The summed E-state index contributed by atoms with van der Waals surface area (Å²) >= 11 is 0. The predicted molar refractivity (Wildman–Crippen MR) is 92.9 cm³/mol. The Morgan fingerprint density at radius 2 is 1.09 bits per heavy atom. The van der Waals surface area contributed by atoms with Crippen LogP contribution in [0.3, 0.4) is 0 Å². The van der Waals surface area contributed by atoms with Gasteiger partial charge in [0.15, 0.2) is 0 Å². The highest BCUT2D eigenvalue weighted by Gasteiger charge is 2.39. The summed E-state index contributed by atoms with van der Waals surface area (Å²) in [4.78, 5) is 13.1. The largest absolute Gasteiger partial charge is 0.432 e. The number of carbonyl (C=O) groups is 1. The monoisotopic (exact) mass is 467 g/mol. The number of allylic oxidation sites excluding steroid dienone is 1. The Labute approximate surface area is 173 Å². The molecule has 0 bridgehead atoms. The summed E-state index contributed by atoms with van der Waals surface area (Å²) in [6, 6.07) is 5.82. The van der Waals surface area contributed by atoms with Gasteiger partial charge in [-0.2, -0.15) is 44.8 Å². The smallest absolute Gasteiger partial charge is 0.393 e. The summed E-state index contributed by atoms with van der Waals surface area (Å²) in [5, 5.41) is 9.04. The lowest BCUT2D eigenvalue weighted by Gasteiger charge is -2.24. The molecule has 0 aliphatic carbocycles. The van der Waals surface area contributed by atoms with E-state index in [0.29, 0.717) is 53.4 Å². The first-order valence-corrected chi connectivity index (χ1v) is 8.23. The summed E-state index contributed by atoms with van der Waals surface area (Å²) < 4.78 is 116. The van der Waals surface area contributed by atoms with Gasteiger partial charge in [-0.25, -0.2) is 0 Å². The van der Waals surface area contributed by atoms with Gasteiger partial charge < -0.3 is 5.73 Å². The lowest BCUT2D eigenvalue weighted by Crippen LogP contribution is -2.32. The lowest BCUT2D eigenvalue weighted by atomic mass is 10.1. The van der Waals surface area contributed by atoms with E-state index in [4.69, 9.17) is 11.0 Å². The number of nitrogens with two attached hydrogens (primary N) is 1. The van der Waals surface area contributed by atoms with Gasteiger partial charge >= 0.3 is 18.5 Å². The van der Waals surface area contributed by atoms with E-state index in [2.05, 4.69) is 0 Å². The van der Waals surface area contributed by atoms with Crippen molar-refractivity contribution in [2.24, 2.45) is 5.73 Å². The van der Waals surface area contributed by atoms with Gasteiger partial charge in [-0.3, -0.25) is 9.69 Å². The van der Waals surface area contributed by atoms with Gasteiger partial charge in [-0.1, -0.05) is 0 Å². The van der Waals surface area contributed by atoms with E-state index in [0.717, 1.165) is 6.07 Å². The standard InChI is InChI=1S/C19H10F9N3O/c20-17(21,22)10-1-5-12(6-2-10)31(13-7-3-11(4-8-13)18(23,24)25)16(32)14(9-29)15(30)19(26,27)28/h1-8H,30H2/b15-14+. The molecule has 0 radical (unpaired) electrons. The van der Waals surface area contributed by atoms with Gasteiger partial charge in [0.2, 0.25) is 0 Å². The van der Waals surface area contributed by atoms with Gasteiger partial charge in [0.25, 0.3) is 5.91 Å². The Kier molecular flexibility index (Phi) is 6.49. The topological polar surface area (TPSA) is 70.1 Å². The molecule has 0 saturated heterocycles. The van der Waals surface area contributed by atoms with Gasteiger partial charge in [-0.15, -0.1) is 0 Å². The highest BCUT2D eigenvalue weighted by molar-refractivity contribution is 6.13. The molecule has 0 atom stereocenters. The third-order valence-electron chi connectivity index (χ3n) is 4.01. The van der Waals surface area contributed by atoms with Crippen LogP contribution in [0.1, 0.15) is 11.1 Å². The molecule has 0 aliphatic heterocycles. The molecule has 2 aromatic rings. The van der Waals surface area contributed by atoms with E-state index in [9.17, 15) is 44.3 Å². The van der Waals surface area contributed by atoms with Gasteiger partial charge in [0, 0.05) is 11.4 Å². The SMILES string of the molecule is N#C/C(C(=O)N(c1ccc(C(F)(F)F)cc1)c1ccc(C(F)(F)F)cc1)=C(\N)C(F)(F)F. The fraction of sp³-hybridized carbons (Fsp3) is 0.158. The summed E-state index contributed by atoms with van der Waals surface area (Å²) in [7, 11) is 0. The Morgan fingerprint density at radius 3 is 1.34 bits per heavy atom. The fourth-order valence-electron chi connectivity index (χ4n) is 2.46. The number of nitriles is 1. The van der Waals surface area contributed by atoms with Crippen LogP contribution < -0.4 is 10.6 Å². The van der Waals surface area contributed by atoms with Crippen molar-refractivity contribution >= 4 is 17.3 Å². The molecule has 0 saturated carbocycles. The maximum atomic E-state index is 12.9. The maximum absolute atomic E-state index is 12.9. The van der Waals surface area contributed by atoms with Crippen LogP contribution in [0.25, 0.3) is 0 Å². The van der Waals surface area contributed by atoms with E-state index < -0.39 is 58.2 Å². The van der Waals surface area contributed by atoms with Crippen LogP contribution in [0.4, 0.5) is 50.9 Å². The maximum Gasteiger partial charge on any atom is 0.432 e. The molecule has 0 aromatic heterocycles. The van der Waals surface area contributed by atoms with E-state index in [1.54, 1.807) is 0 Å². The molecule has 13 heteroatoms. The van der Waals surface area contributed by atoms with Gasteiger partial charge in [0.1, 0.15) is 17.3 Å². The van der Waals surface area contributed by atoms with Crippen LogP contribution in [0, 0.1) is 11.3 Å². The highest BCUT2D eigenvalue weighted by Crippen LogP contribution is 2.36. The molecule has 1 amide bonds. The van der Waals surface area contributed by atoms with Gasteiger partial charge in [0.05, 0.1) is 11.1 Å². The summed E-state index contributed by atoms with van der Waals surface area (Å²) in [6.07, 6.45) is -14.9. The van der Waals surface area contributed by atoms with Crippen molar-refractivity contribution in [3.05, 3.63) is 70.9 Å². The Hall–Kier alpha value is -3.69. The van der Waals surface area contributed by atoms with Crippen LogP contribution in [-0.2, 0) is 17.1 Å². The minimum absolute atomic E-state index is 0.345. The highest BCUT2D eigenvalue weighted by atomic mass is 19.4. The first-order valence-electron chi connectivity index (χ1n) is 8.23. The number of nitrogens with zero attached hydrogens (tertiary/aromatic N) is 2. The van der Waals surface area contributed by atoms with E-state index in [1.807, 2.05) is 0 Å². The Bertz CT molecular complexity index is 1000. The van der Waals surface area contributed by atoms with Crippen LogP contribution in [0.5, 0.6) is 0 Å². The molecule has 2 rings (SSSR count). The number of anilines is 2. The van der Waals surface area contributed by atoms with Crippen molar-refractivity contribution in [2.75, 3.05) is 4.90 Å². The zero-order valence-corrected chi connectivity index (χ0v) is 15.4. The quantitative estimate of drug-likeness (QED) is 0.358. The number of hydrogen-bond acceptors (Lipinski definition) is 3. The second kappa shape index (κ2) is 8.45. The molecular weight excluding hydrogens is 457 g/mol. The molecule has 170 valence electrons. The molecule has 2 N–H and O–H groups in total. The number of hydrogen-bond donors (Lipinski definition) is 1. The Morgan fingerprint density at radius 1 is 0.750 bits per heavy atom. The molecular formula is C19H10F9N3O.